The number of fused-ring (bicyclic) bond motifs is 2. The predicted octanol–water partition coefficient (Wildman–Crippen LogP) is 2.87. The number of hydrogen-bond donors (Lipinski definition) is 0. The van der Waals surface area contributed by atoms with Crippen LogP contribution >= 0.6 is 0 Å². The van der Waals surface area contributed by atoms with Gasteiger partial charge in [-0.2, -0.15) is 0 Å². The van der Waals surface area contributed by atoms with Gasteiger partial charge >= 0.3 is 0 Å². The van der Waals surface area contributed by atoms with Crippen molar-refractivity contribution in [3.63, 3.8) is 0 Å². The van der Waals surface area contributed by atoms with E-state index in [0.717, 1.165) is 12.8 Å². The van der Waals surface area contributed by atoms with Crippen LogP contribution in [0.3, 0.4) is 0 Å². The van der Waals surface area contributed by atoms with E-state index in [1.807, 2.05) is 0 Å². The van der Waals surface area contributed by atoms with Gasteiger partial charge in [-0.05, 0) is 32.3 Å². The van der Waals surface area contributed by atoms with Crippen LogP contribution in [0.5, 0.6) is 0 Å². The summed E-state index contributed by atoms with van der Waals surface area (Å²) >= 11 is 0. The summed E-state index contributed by atoms with van der Waals surface area (Å²) in [5.41, 5.74) is 1.35. The fourth-order valence-electron chi connectivity index (χ4n) is 3.12. The van der Waals surface area contributed by atoms with E-state index in [1.165, 1.54) is 5.57 Å². The molecule has 0 aliphatic carbocycles. The molecule has 2 atom stereocenters. The van der Waals surface area contributed by atoms with Crippen molar-refractivity contribution in [3.8, 4) is 0 Å². The van der Waals surface area contributed by atoms with Crippen molar-refractivity contribution >= 4 is 5.78 Å². The lowest BCUT2D eigenvalue weighted by Crippen LogP contribution is -2.32. The lowest BCUT2D eigenvalue weighted by Gasteiger charge is -2.33. The zero-order valence-corrected chi connectivity index (χ0v) is 10.1. The van der Waals surface area contributed by atoms with Crippen molar-refractivity contribution in [2.75, 3.05) is 0 Å². The van der Waals surface area contributed by atoms with Crippen molar-refractivity contribution in [1.82, 2.24) is 0 Å². The number of hydrogen-bond acceptors (Lipinski definition) is 2. The molecule has 0 amide bonds. The van der Waals surface area contributed by atoms with E-state index < -0.39 is 0 Å². The Kier molecular flexibility index (Phi) is 2.30. The molecule has 0 aromatic heterocycles. The number of carbonyl (C=O) groups is 1. The molecule has 2 saturated heterocycles. The third-order valence-electron chi connectivity index (χ3n) is 3.95. The molecule has 2 aliphatic rings. The smallest absolute Gasteiger partial charge is 0.133 e. The summed E-state index contributed by atoms with van der Waals surface area (Å²) in [7, 11) is 0. The standard InChI is InChI=1S/C13H20O2/c1-9(14)5-6-10-12(2,3)11-7-8-13(10,4)15-11/h6,11H,5,7-8H2,1-4H3/b10-6+/t11-,13?/m1/s1. The quantitative estimate of drug-likeness (QED) is 0.652. The van der Waals surface area contributed by atoms with Gasteiger partial charge in [0.15, 0.2) is 0 Å². The topological polar surface area (TPSA) is 26.3 Å². The van der Waals surface area contributed by atoms with Gasteiger partial charge in [-0.25, -0.2) is 0 Å². The third kappa shape index (κ3) is 1.55. The van der Waals surface area contributed by atoms with Crippen LogP contribution in [-0.2, 0) is 9.53 Å². The first kappa shape index (κ1) is 10.9. The van der Waals surface area contributed by atoms with E-state index in [9.17, 15) is 4.79 Å². The maximum Gasteiger partial charge on any atom is 0.133 e. The summed E-state index contributed by atoms with van der Waals surface area (Å²) in [6.07, 6.45) is 5.25. The zero-order chi connectivity index (χ0) is 11.3. The molecule has 0 aromatic carbocycles. The molecule has 2 rings (SSSR count). The average Bonchev–Trinajstić information content (AvgIpc) is 2.54. The van der Waals surface area contributed by atoms with Crippen LogP contribution in [0.1, 0.15) is 47.0 Å². The van der Waals surface area contributed by atoms with Crippen molar-refractivity contribution in [1.29, 1.82) is 0 Å². The molecule has 2 heteroatoms. The minimum absolute atomic E-state index is 0.0936. The second-order valence-electron chi connectivity index (χ2n) is 5.62. The molecule has 15 heavy (non-hydrogen) atoms. The summed E-state index contributed by atoms with van der Waals surface area (Å²) in [5.74, 6) is 0.227. The second kappa shape index (κ2) is 3.18. The Labute approximate surface area is 91.7 Å². The molecule has 2 aliphatic heterocycles. The molecule has 1 unspecified atom stereocenters. The molecule has 2 nitrogen and oxygen atoms in total. The Hall–Kier alpha value is -0.630. The van der Waals surface area contributed by atoms with E-state index in [2.05, 4.69) is 26.8 Å². The fraction of sp³-hybridized carbons (Fsp3) is 0.769. The van der Waals surface area contributed by atoms with Crippen LogP contribution in [0.25, 0.3) is 0 Å². The van der Waals surface area contributed by atoms with Crippen LogP contribution < -0.4 is 0 Å². The van der Waals surface area contributed by atoms with E-state index >= 15 is 0 Å². The fourth-order valence-corrected chi connectivity index (χ4v) is 3.12. The van der Waals surface area contributed by atoms with Gasteiger partial charge < -0.3 is 4.74 Å². The highest BCUT2D eigenvalue weighted by molar-refractivity contribution is 5.77. The molecule has 0 spiro atoms. The van der Waals surface area contributed by atoms with Gasteiger partial charge in [-0.15, -0.1) is 0 Å². The van der Waals surface area contributed by atoms with Gasteiger partial charge in [0, 0.05) is 11.8 Å². The molecule has 0 N–H and O–H groups in total. The highest BCUT2D eigenvalue weighted by Crippen LogP contribution is 2.57. The molecule has 0 saturated carbocycles. The Morgan fingerprint density at radius 1 is 1.53 bits per heavy atom. The minimum Gasteiger partial charge on any atom is -0.367 e. The van der Waals surface area contributed by atoms with Crippen LogP contribution in [0.2, 0.25) is 0 Å². The summed E-state index contributed by atoms with van der Waals surface area (Å²) in [5, 5.41) is 0. The number of rotatable bonds is 2. The van der Waals surface area contributed by atoms with Crippen molar-refractivity contribution in [3.05, 3.63) is 11.6 Å². The highest BCUT2D eigenvalue weighted by atomic mass is 16.5. The average molecular weight is 208 g/mol. The SMILES string of the molecule is CC(=O)C/C=C1/C2(C)CC[C@@H](O2)C1(C)C. The van der Waals surface area contributed by atoms with Gasteiger partial charge in [0.1, 0.15) is 5.78 Å². The first-order valence-corrected chi connectivity index (χ1v) is 5.74. The van der Waals surface area contributed by atoms with Gasteiger partial charge in [0.25, 0.3) is 0 Å². The molecule has 2 bridgehead atoms. The number of carbonyl (C=O) groups excluding carboxylic acids is 1. The Morgan fingerprint density at radius 3 is 2.67 bits per heavy atom. The number of Topliss-reactive ketones (excluding diaryl/α,β-unsaturated/α-hetero) is 1. The summed E-state index contributed by atoms with van der Waals surface area (Å²) < 4.78 is 6.04. The molecule has 2 heterocycles. The van der Waals surface area contributed by atoms with Crippen molar-refractivity contribution in [2.45, 2.75) is 58.7 Å². The second-order valence-corrected chi connectivity index (χ2v) is 5.62. The van der Waals surface area contributed by atoms with Crippen molar-refractivity contribution in [2.24, 2.45) is 5.41 Å². The molecule has 0 radical (unpaired) electrons. The largest absolute Gasteiger partial charge is 0.367 e. The first-order chi connectivity index (χ1) is 6.86. The maximum atomic E-state index is 11.0. The lowest BCUT2D eigenvalue weighted by atomic mass is 9.68. The third-order valence-corrected chi connectivity index (χ3v) is 3.95. The Balaban J connectivity index is 2.30. The number of ketones is 1. The van der Waals surface area contributed by atoms with E-state index in [1.54, 1.807) is 6.92 Å². The van der Waals surface area contributed by atoms with Gasteiger partial charge in [0.2, 0.25) is 0 Å². The lowest BCUT2D eigenvalue weighted by molar-refractivity contribution is -0.116. The normalized spacial score (nSPS) is 40.0. The summed E-state index contributed by atoms with van der Waals surface area (Å²) in [6.45, 7) is 8.26. The van der Waals surface area contributed by atoms with Gasteiger partial charge in [-0.3, -0.25) is 4.79 Å². The van der Waals surface area contributed by atoms with Gasteiger partial charge in [0.05, 0.1) is 11.7 Å². The van der Waals surface area contributed by atoms with E-state index in [-0.39, 0.29) is 16.8 Å². The maximum absolute atomic E-state index is 11.0. The molecular formula is C13H20O2. The van der Waals surface area contributed by atoms with Crippen LogP contribution in [0, 0.1) is 5.41 Å². The molecule has 0 aromatic rings. The van der Waals surface area contributed by atoms with Crippen molar-refractivity contribution < 1.29 is 9.53 Å². The first-order valence-electron chi connectivity index (χ1n) is 5.74. The van der Waals surface area contributed by atoms with Crippen LogP contribution in [-0.4, -0.2) is 17.5 Å². The molecular weight excluding hydrogens is 188 g/mol. The zero-order valence-electron chi connectivity index (χ0n) is 10.1. The Morgan fingerprint density at radius 2 is 2.20 bits per heavy atom. The number of allylic oxidation sites excluding steroid dienone is 1. The highest BCUT2D eigenvalue weighted by Gasteiger charge is 2.56. The van der Waals surface area contributed by atoms with Crippen LogP contribution in [0.4, 0.5) is 0 Å². The molecule has 2 fully saturated rings. The van der Waals surface area contributed by atoms with Gasteiger partial charge in [-0.1, -0.05) is 19.9 Å². The van der Waals surface area contributed by atoms with E-state index in [0.29, 0.717) is 12.5 Å². The molecule has 84 valence electrons. The summed E-state index contributed by atoms with van der Waals surface area (Å²) in [6, 6.07) is 0. The summed E-state index contributed by atoms with van der Waals surface area (Å²) in [4.78, 5) is 11.0. The minimum atomic E-state index is -0.0936. The van der Waals surface area contributed by atoms with E-state index in [4.69, 9.17) is 4.74 Å². The predicted molar refractivity (Wildman–Crippen MR) is 59.7 cm³/mol. The Bertz CT molecular complexity index is 321. The monoisotopic (exact) mass is 208 g/mol. The van der Waals surface area contributed by atoms with Crippen LogP contribution in [0.15, 0.2) is 11.6 Å². The number of ether oxygens (including phenoxy) is 1.